The number of hydrogen-bond acceptors (Lipinski definition) is 5. The van der Waals surface area contributed by atoms with Gasteiger partial charge in [-0.1, -0.05) is 0 Å². The average Bonchev–Trinajstić information content (AvgIpc) is 3.11. The quantitative estimate of drug-likeness (QED) is 0.512. The van der Waals surface area contributed by atoms with E-state index >= 15 is 0 Å². The second-order valence-corrected chi connectivity index (χ2v) is 8.07. The molecule has 0 aliphatic carbocycles. The maximum Gasteiger partial charge on any atom is 0.258 e. The molecule has 154 valence electrons. The Labute approximate surface area is 182 Å². The van der Waals surface area contributed by atoms with Gasteiger partial charge in [-0.2, -0.15) is 0 Å². The van der Waals surface area contributed by atoms with Gasteiger partial charge in [0, 0.05) is 40.6 Å². The first-order valence-electron chi connectivity index (χ1n) is 9.39. The second-order valence-electron chi connectivity index (χ2n) is 6.94. The minimum Gasteiger partial charge on any atom is -0.487 e. The summed E-state index contributed by atoms with van der Waals surface area (Å²) >= 11 is 1.84. The molecule has 0 spiro atoms. The van der Waals surface area contributed by atoms with Gasteiger partial charge in [0.05, 0.1) is 11.9 Å². The Kier molecular flexibility index (Phi) is 5.85. The van der Waals surface area contributed by atoms with Gasteiger partial charge < -0.3 is 10.1 Å². The summed E-state index contributed by atoms with van der Waals surface area (Å²) in [6, 6.07) is 12.2. The molecule has 3 aromatic heterocycles. The van der Waals surface area contributed by atoms with E-state index < -0.39 is 5.82 Å². The smallest absolute Gasteiger partial charge is 0.258 e. The fourth-order valence-electron chi connectivity index (χ4n) is 3.56. The topological polar surface area (TPSA) is 56.1 Å². The van der Waals surface area contributed by atoms with E-state index in [0.717, 1.165) is 31.4 Å². The number of aromatic nitrogens is 2. The minimum atomic E-state index is -0.393. The van der Waals surface area contributed by atoms with Crippen molar-refractivity contribution in [2.45, 2.75) is 19.6 Å². The number of benzene rings is 1. The normalized spacial score (nSPS) is 13.0. The van der Waals surface area contributed by atoms with Crippen LogP contribution in [-0.4, -0.2) is 16.1 Å². The molecule has 0 atom stereocenters. The summed E-state index contributed by atoms with van der Waals surface area (Å²) in [6.07, 6.45) is 3.92. The van der Waals surface area contributed by atoms with Crippen molar-refractivity contribution in [1.29, 1.82) is 0 Å². The van der Waals surface area contributed by atoms with Crippen molar-refractivity contribution in [3.05, 3.63) is 87.2 Å². The Morgan fingerprint density at radius 2 is 2.10 bits per heavy atom. The third-order valence-electron chi connectivity index (χ3n) is 5.03. The number of halogens is 2. The summed E-state index contributed by atoms with van der Waals surface area (Å²) < 4.78 is 21.4. The van der Waals surface area contributed by atoms with Crippen molar-refractivity contribution in [3.63, 3.8) is 0 Å². The molecular weight excluding hydrogens is 425 g/mol. The number of hydrogen-bond donors (Lipinski definition) is 1. The van der Waals surface area contributed by atoms with Crippen molar-refractivity contribution in [1.82, 2.24) is 14.9 Å². The van der Waals surface area contributed by atoms with E-state index in [1.54, 1.807) is 22.9 Å². The molecule has 0 radical (unpaired) electrons. The van der Waals surface area contributed by atoms with Gasteiger partial charge in [-0.3, -0.25) is 14.3 Å². The predicted molar refractivity (Wildman–Crippen MR) is 119 cm³/mol. The largest absolute Gasteiger partial charge is 0.487 e. The zero-order valence-corrected chi connectivity index (χ0v) is 17.6. The molecule has 0 fully saturated rings. The second kappa shape index (κ2) is 8.55. The molecule has 0 unspecified atom stereocenters. The van der Waals surface area contributed by atoms with Gasteiger partial charge in [-0.15, -0.1) is 23.7 Å². The van der Waals surface area contributed by atoms with Gasteiger partial charge in [0.2, 0.25) is 0 Å². The van der Waals surface area contributed by atoms with E-state index in [2.05, 4.69) is 22.4 Å². The van der Waals surface area contributed by atoms with Crippen LogP contribution in [0.15, 0.2) is 59.7 Å². The highest BCUT2D eigenvalue weighted by Crippen LogP contribution is 2.34. The highest BCUT2D eigenvalue weighted by atomic mass is 35.5. The van der Waals surface area contributed by atoms with Crippen LogP contribution >= 0.6 is 23.7 Å². The maximum atomic E-state index is 12.9. The van der Waals surface area contributed by atoms with Gasteiger partial charge in [0.1, 0.15) is 18.2 Å². The lowest BCUT2D eigenvalue weighted by atomic mass is 10.1. The number of ether oxygens (including phenoxy) is 1. The number of fused-ring (bicyclic) bond motifs is 3. The lowest BCUT2D eigenvalue weighted by Gasteiger charge is -2.13. The number of nitrogens with one attached hydrogen (secondary N) is 1. The molecule has 1 aliphatic heterocycles. The molecule has 0 amide bonds. The Bertz CT molecular complexity index is 1250. The van der Waals surface area contributed by atoms with E-state index in [-0.39, 0.29) is 24.6 Å². The lowest BCUT2D eigenvalue weighted by molar-refractivity contribution is 0.300. The standard InChI is InChI=1S/C22H18FN3O2S.ClH/c23-14-1-2-15(25-11-14)13-28-17-6-8-26(22(27)10-17)16-3-4-20-18(9-16)19-12-24-7-5-21(19)29-20;/h1-4,6,8-11,24H,5,7,12-13H2;1H. The van der Waals surface area contributed by atoms with Gasteiger partial charge in [0.15, 0.2) is 0 Å². The van der Waals surface area contributed by atoms with E-state index in [9.17, 15) is 9.18 Å². The molecule has 8 heteroatoms. The molecule has 1 aliphatic rings. The molecular formula is C22H19ClFN3O2S. The number of nitrogens with zero attached hydrogens (tertiary/aromatic N) is 2. The van der Waals surface area contributed by atoms with Gasteiger partial charge in [0.25, 0.3) is 5.56 Å². The monoisotopic (exact) mass is 443 g/mol. The van der Waals surface area contributed by atoms with Crippen LogP contribution in [0.5, 0.6) is 5.75 Å². The summed E-state index contributed by atoms with van der Waals surface area (Å²) in [7, 11) is 0. The Balaban J connectivity index is 0.00000218. The molecule has 0 bridgehead atoms. The molecule has 0 saturated heterocycles. The minimum absolute atomic E-state index is 0. The zero-order chi connectivity index (χ0) is 19.8. The average molecular weight is 444 g/mol. The Hall–Kier alpha value is -2.74. The lowest BCUT2D eigenvalue weighted by Crippen LogP contribution is -2.22. The molecule has 5 rings (SSSR count). The first-order valence-corrected chi connectivity index (χ1v) is 10.2. The van der Waals surface area contributed by atoms with Crippen LogP contribution in [-0.2, 0) is 19.6 Å². The van der Waals surface area contributed by atoms with Gasteiger partial charge in [-0.05, 0) is 53.8 Å². The fraction of sp³-hybridized carbons (Fsp3) is 0.182. The highest BCUT2D eigenvalue weighted by molar-refractivity contribution is 7.19. The van der Waals surface area contributed by atoms with Crippen LogP contribution < -0.4 is 15.6 Å². The number of pyridine rings is 2. The Morgan fingerprint density at radius 3 is 2.90 bits per heavy atom. The first-order chi connectivity index (χ1) is 14.2. The SMILES string of the molecule is Cl.O=c1cc(OCc2ccc(F)cn2)ccn1-c1ccc2sc3c(c2c1)CNCC3. The summed E-state index contributed by atoms with van der Waals surface area (Å²) in [4.78, 5) is 18.1. The zero-order valence-electron chi connectivity index (χ0n) is 15.9. The molecule has 5 nitrogen and oxygen atoms in total. The van der Waals surface area contributed by atoms with Crippen LogP contribution in [0.3, 0.4) is 0 Å². The van der Waals surface area contributed by atoms with Crippen LogP contribution in [0.4, 0.5) is 4.39 Å². The van der Waals surface area contributed by atoms with Gasteiger partial charge >= 0.3 is 0 Å². The highest BCUT2D eigenvalue weighted by Gasteiger charge is 2.16. The molecule has 4 aromatic rings. The third kappa shape index (κ3) is 3.96. The molecule has 0 saturated carbocycles. The van der Waals surface area contributed by atoms with Crippen molar-refractivity contribution < 1.29 is 9.13 Å². The third-order valence-corrected chi connectivity index (χ3v) is 6.31. The number of thiophene rings is 1. The summed E-state index contributed by atoms with van der Waals surface area (Å²) in [5, 5.41) is 4.64. The van der Waals surface area contributed by atoms with Crippen LogP contribution in [0, 0.1) is 5.82 Å². The van der Waals surface area contributed by atoms with E-state index in [0.29, 0.717) is 11.4 Å². The van der Waals surface area contributed by atoms with E-state index in [1.165, 1.54) is 32.7 Å². The van der Waals surface area contributed by atoms with Crippen LogP contribution in [0.25, 0.3) is 15.8 Å². The Morgan fingerprint density at radius 1 is 1.20 bits per heavy atom. The summed E-state index contributed by atoms with van der Waals surface area (Å²) in [5.74, 6) is 0.0616. The first kappa shape index (κ1) is 20.5. The fourth-order valence-corrected chi connectivity index (χ4v) is 4.76. The maximum absolute atomic E-state index is 12.9. The van der Waals surface area contributed by atoms with E-state index in [1.807, 2.05) is 17.4 Å². The van der Waals surface area contributed by atoms with E-state index in [4.69, 9.17) is 4.74 Å². The molecule has 4 heterocycles. The number of rotatable bonds is 4. The molecule has 30 heavy (non-hydrogen) atoms. The summed E-state index contributed by atoms with van der Waals surface area (Å²) in [5.41, 5.74) is 2.60. The summed E-state index contributed by atoms with van der Waals surface area (Å²) in [6.45, 7) is 2.06. The van der Waals surface area contributed by atoms with Crippen molar-refractivity contribution in [2.75, 3.05) is 6.54 Å². The van der Waals surface area contributed by atoms with Crippen molar-refractivity contribution in [3.8, 4) is 11.4 Å². The van der Waals surface area contributed by atoms with Crippen LogP contribution in [0.1, 0.15) is 16.1 Å². The van der Waals surface area contributed by atoms with Gasteiger partial charge in [-0.25, -0.2) is 4.39 Å². The van der Waals surface area contributed by atoms with Crippen molar-refractivity contribution in [2.24, 2.45) is 0 Å². The van der Waals surface area contributed by atoms with Crippen molar-refractivity contribution >= 4 is 33.8 Å². The predicted octanol–water partition coefficient (Wildman–Crippen LogP) is 4.23. The van der Waals surface area contributed by atoms with Crippen LogP contribution in [0.2, 0.25) is 0 Å². The molecule has 1 aromatic carbocycles. The molecule has 1 N–H and O–H groups in total.